The van der Waals surface area contributed by atoms with E-state index < -0.39 is 5.54 Å². The van der Waals surface area contributed by atoms with Gasteiger partial charge < -0.3 is 10.2 Å². The van der Waals surface area contributed by atoms with Crippen molar-refractivity contribution >= 4 is 18.2 Å². The molecule has 1 N–H and O–H groups in total. The minimum absolute atomic E-state index is 0.0948. The van der Waals surface area contributed by atoms with E-state index in [1.165, 1.54) is 0 Å². The third-order valence-electron chi connectivity index (χ3n) is 3.86. The number of hydrogen-bond donors (Lipinski definition) is 1. The van der Waals surface area contributed by atoms with Crippen molar-refractivity contribution in [2.24, 2.45) is 16.8 Å². The lowest BCUT2D eigenvalue weighted by Gasteiger charge is -2.38. The smallest absolute Gasteiger partial charge is 0.130 e. The van der Waals surface area contributed by atoms with Crippen LogP contribution < -0.4 is 0 Å². The Kier molecular flexibility index (Phi) is 6.74. The normalized spacial score (nSPS) is 17.3. The maximum Gasteiger partial charge on any atom is 0.130 e. The predicted octanol–water partition coefficient (Wildman–Crippen LogP) is 3.68. The van der Waals surface area contributed by atoms with Gasteiger partial charge in [-0.1, -0.05) is 13.0 Å². The Hall–Kier alpha value is -1.25. The average Bonchev–Trinajstić information content (AvgIpc) is 2.31. The first-order valence-electron chi connectivity index (χ1n) is 6.42. The van der Waals surface area contributed by atoms with Crippen molar-refractivity contribution in [2.45, 2.75) is 52.5 Å². The van der Waals surface area contributed by atoms with E-state index in [9.17, 15) is 4.79 Å². The Labute approximate surface area is 111 Å². The minimum Gasteiger partial charge on any atom is -0.310 e. The molecule has 0 amide bonds. The molecule has 0 aromatic heterocycles. The highest BCUT2D eigenvalue weighted by Gasteiger charge is 2.39. The van der Waals surface area contributed by atoms with Crippen LogP contribution in [0.3, 0.4) is 0 Å². The molecule has 3 nitrogen and oxygen atoms in total. The molecule has 3 atom stereocenters. The molecule has 0 spiro atoms. The van der Waals surface area contributed by atoms with Gasteiger partial charge in [0, 0.05) is 18.1 Å². The molecule has 0 rings (SSSR count). The molecule has 0 radical (unpaired) electrons. The summed E-state index contributed by atoms with van der Waals surface area (Å²) in [6.07, 6.45) is 4.11. The van der Waals surface area contributed by atoms with E-state index in [1.54, 1.807) is 13.8 Å². The average molecular weight is 250 g/mol. The van der Waals surface area contributed by atoms with E-state index in [0.717, 1.165) is 12.8 Å². The molecule has 0 aromatic rings. The second-order valence-electron chi connectivity index (χ2n) is 5.29. The number of nitrogens with one attached hydrogen (secondary N) is 1. The van der Waals surface area contributed by atoms with Crippen LogP contribution in [0.25, 0.3) is 0 Å². The zero-order valence-corrected chi connectivity index (χ0v) is 12.1. The van der Waals surface area contributed by atoms with Gasteiger partial charge >= 0.3 is 0 Å². The lowest BCUT2D eigenvalue weighted by atomic mass is 9.71. The molecule has 0 aliphatic rings. The Morgan fingerprint density at radius 2 is 2.06 bits per heavy atom. The van der Waals surface area contributed by atoms with Crippen molar-refractivity contribution in [3.05, 3.63) is 12.7 Å². The van der Waals surface area contributed by atoms with Crippen molar-refractivity contribution in [1.29, 1.82) is 5.41 Å². The van der Waals surface area contributed by atoms with Crippen molar-refractivity contribution < 1.29 is 4.79 Å². The largest absolute Gasteiger partial charge is 0.310 e. The number of Topliss-reactive ketones (excluding diaryl/α,β-unsaturated/α-hetero) is 1. The summed E-state index contributed by atoms with van der Waals surface area (Å²) in [5, 5.41) is 7.91. The van der Waals surface area contributed by atoms with Gasteiger partial charge in [0.1, 0.15) is 5.78 Å². The molecular weight excluding hydrogens is 224 g/mol. The molecular formula is C15H26N2O. The standard InChI is InChI=1S/C15H26N2O/c1-7-8-9-11(2)15(5,17-6)14(13(4)16)10-12(3)18/h7,11,14,16H,1,6,8-10H2,2-5H3. The summed E-state index contributed by atoms with van der Waals surface area (Å²) in [4.78, 5) is 15.7. The molecule has 0 saturated carbocycles. The SMILES string of the molecule is C=CCCC(C)C(C)(N=C)C(CC(C)=O)C(C)=N. The fraction of sp³-hybridized carbons (Fsp3) is 0.667. The summed E-state index contributed by atoms with van der Waals surface area (Å²) < 4.78 is 0. The second kappa shape index (κ2) is 7.24. The Bertz CT molecular complexity index is 335. The first-order valence-corrected chi connectivity index (χ1v) is 6.42. The lowest BCUT2D eigenvalue weighted by molar-refractivity contribution is -0.118. The van der Waals surface area contributed by atoms with Crippen LogP contribution in [0.15, 0.2) is 17.6 Å². The third-order valence-corrected chi connectivity index (χ3v) is 3.86. The van der Waals surface area contributed by atoms with Gasteiger partial charge in [-0.2, -0.15) is 0 Å². The number of allylic oxidation sites excluding steroid dienone is 1. The van der Waals surface area contributed by atoms with Gasteiger partial charge in [0.05, 0.1) is 5.54 Å². The number of aliphatic imine (C=N–C) groups is 1. The third kappa shape index (κ3) is 4.21. The summed E-state index contributed by atoms with van der Waals surface area (Å²) in [6, 6.07) is 0. The van der Waals surface area contributed by atoms with Gasteiger partial charge in [0.15, 0.2) is 0 Å². The van der Waals surface area contributed by atoms with Crippen LogP contribution in [-0.4, -0.2) is 23.8 Å². The molecule has 0 aliphatic carbocycles. The van der Waals surface area contributed by atoms with Crippen molar-refractivity contribution in [2.75, 3.05) is 0 Å². The highest BCUT2D eigenvalue weighted by molar-refractivity contribution is 5.88. The maximum absolute atomic E-state index is 11.4. The van der Waals surface area contributed by atoms with Crippen molar-refractivity contribution in [1.82, 2.24) is 0 Å². The van der Waals surface area contributed by atoms with Gasteiger partial charge in [-0.25, -0.2) is 0 Å². The summed E-state index contributed by atoms with van der Waals surface area (Å²) in [5.74, 6) is 0.197. The number of carbonyl (C=O) groups is 1. The lowest BCUT2D eigenvalue weighted by Crippen LogP contribution is -2.43. The first kappa shape index (κ1) is 16.8. The second-order valence-corrected chi connectivity index (χ2v) is 5.29. The molecule has 0 saturated heterocycles. The van der Waals surface area contributed by atoms with E-state index in [4.69, 9.17) is 5.41 Å². The fourth-order valence-electron chi connectivity index (χ4n) is 2.36. The van der Waals surface area contributed by atoms with Crippen LogP contribution in [0, 0.1) is 17.2 Å². The highest BCUT2D eigenvalue weighted by Crippen LogP contribution is 2.35. The number of hydrogen-bond acceptors (Lipinski definition) is 3. The number of rotatable bonds is 9. The van der Waals surface area contributed by atoms with Gasteiger partial charge in [0.25, 0.3) is 0 Å². The van der Waals surface area contributed by atoms with Gasteiger partial charge in [-0.15, -0.1) is 6.58 Å². The quantitative estimate of drug-likeness (QED) is 0.492. The molecule has 3 heteroatoms. The summed E-state index contributed by atoms with van der Waals surface area (Å²) in [7, 11) is 0. The highest BCUT2D eigenvalue weighted by atomic mass is 16.1. The Morgan fingerprint density at radius 3 is 2.39 bits per heavy atom. The molecule has 0 aromatic carbocycles. The van der Waals surface area contributed by atoms with Crippen LogP contribution in [0.4, 0.5) is 0 Å². The predicted molar refractivity (Wildman–Crippen MR) is 78.7 cm³/mol. The number of nitrogens with zero attached hydrogens (tertiary/aromatic N) is 1. The molecule has 0 fully saturated rings. The number of carbonyl (C=O) groups excluding carboxylic acids is 1. The van der Waals surface area contributed by atoms with Crippen LogP contribution >= 0.6 is 0 Å². The topological polar surface area (TPSA) is 53.3 Å². The molecule has 0 heterocycles. The molecule has 0 bridgehead atoms. The zero-order valence-electron chi connectivity index (χ0n) is 12.1. The van der Waals surface area contributed by atoms with E-state index in [-0.39, 0.29) is 17.6 Å². The van der Waals surface area contributed by atoms with Crippen molar-refractivity contribution in [3.8, 4) is 0 Å². The zero-order chi connectivity index (χ0) is 14.3. The molecule has 102 valence electrons. The van der Waals surface area contributed by atoms with Crippen LogP contribution in [0.5, 0.6) is 0 Å². The Morgan fingerprint density at radius 1 is 1.50 bits per heavy atom. The molecule has 0 aliphatic heterocycles. The molecule has 3 unspecified atom stereocenters. The number of ketones is 1. The van der Waals surface area contributed by atoms with Gasteiger partial charge in [-0.3, -0.25) is 4.99 Å². The summed E-state index contributed by atoms with van der Waals surface area (Å²) in [5.41, 5.74) is 0.0473. The van der Waals surface area contributed by atoms with Crippen LogP contribution in [0.2, 0.25) is 0 Å². The minimum atomic E-state index is -0.458. The Balaban J connectivity index is 5.16. The van der Waals surface area contributed by atoms with Gasteiger partial charge in [0.2, 0.25) is 0 Å². The van der Waals surface area contributed by atoms with E-state index >= 15 is 0 Å². The monoisotopic (exact) mass is 250 g/mol. The van der Waals surface area contributed by atoms with Crippen LogP contribution in [-0.2, 0) is 4.79 Å². The first-order chi connectivity index (χ1) is 8.29. The summed E-state index contributed by atoms with van der Waals surface area (Å²) in [6.45, 7) is 14.8. The maximum atomic E-state index is 11.4. The van der Waals surface area contributed by atoms with E-state index in [2.05, 4.69) is 25.2 Å². The van der Waals surface area contributed by atoms with E-state index in [0.29, 0.717) is 12.1 Å². The van der Waals surface area contributed by atoms with Crippen molar-refractivity contribution in [3.63, 3.8) is 0 Å². The summed E-state index contributed by atoms with van der Waals surface area (Å²) >= 11 is 0. The van der Waals surface area contributed by atoms with Crippen LogP contribution in [0.1, 0.15) is 47.0 Å². The van der Waals surface area contributed by atoms with E-state index in [1.807, 2.05) is 13.0 Å². The molecule has 18 heavy (non-hydrogen) atoms. The fourth-order valence-corrected chi connectivity index (χ4v) is 2.36. The van der Waals surface area contributed by atoms with Gasteiger partial charge in [-0.05, 0) is 46.2 Å².